The maximum atomic E-state index is 12.6. The van der Waals surface area contributed by atoms with E-state index in [0.717, 1.165) is 48.7 Å². The van der Waals surface area contributed by atoms with E-state index in [-0.39, 0.29) is 5.91 Å². The summed E-state index contributed by atoms with van der Waals surface area (Å²) < 4.78 is 0. The minimum absolute atomic E-state index is 0.158. The Kier molecular flexibility index (Phi) is 5.05. The molecule has 1 unspecified atom stereocenters. The molecule has 0 radical (unpaired) electrons. The Morgan fingerprint density at radius 2 is 2.15 bits per heavy atom. The van der Waals surface area contributed by atoms with Crippen LogP contribution in [0.5, 0.6) is 0 Å². The summed E-state index contributed by atoms with van der Waals surface area (Å²) in [4.78, 5) is 14.6. The predicted octanol–water partition coefficient (Wildman–Crippen LogP) is 3.62. The van der Waals surface area contributed by atoms with Crippen LogP contribution in [-0.2, 0) is 0 Å². The number of nitrogens with zero attached hydrogens (tertiary/aromatic N) is 1. The van der Waals surface area contributed by atoms with Crippen LogP contribution < -0.4 is 5.73 Å². The maximum absolute atomic E-state index is 12.6. The first-order chi connectivity index (χ1) is 9.61. The number of carbonyl (C=O) groups excluding carboxylic acids is 1. The molecule has 0 saturated carbocycles. The summed E-state index contributed by atoms with van der Waals surface area (Å²) in [6, 6.07) is 5.59. The average Bonchev–Trinajstić information content (AvgIpc) is 2.67. The van der Waals surface area contributed by atoms with Gasteiger partial charge in [0.25, 0.3) is 5.91 Å². The van der Waals surface area contributed by atoms with Crippen LogP contribution in [-0.4, -0.2) is 23.9 Å². The van der Waals surface area contributed by atoms with Gasteiger partial charge in [-0.2, -0.15) is 0 Å². The molecule has 1 aliphatic rings. The smallest absolute Gasteiger partial charge is 0.253 e. The van der Waals surface area contributed by atoms with Crippen LogP contribution in [0.4, 0.5) is 5.69 Å². The second-order valence-electron chi connectivity index (χ2n) is 5.95. The van der Waals surface area contributed by atoms with Crippen molar-refractivity contribution in [1.29, 1.82) is 0 Å². The number of rotatable bonds is 3. The molecule has 110 valence electrons. The van der Waals surface area contributed by atoms with Gasteiger partial charge in [-0.1, -0.05) is 19.8 Å². The second-order valence-corrected chi connectivity index (χ2v) is 5.95. The van der Waals surface area contributed by atoms with Crippen molar-refractivity contribution in [2.24, 2.45) is 5.92 Å². The molecular formula is C17H26N2O. The SMILES string of the molecule is CCCC1CCCN(C(=O)c2ccc(N)c(C)c2)CC1. The minimum Gasteiger partial charge on any atom is -0.399 e. The van der Waals surface area contributed by atoms with Crippen molar-refractivity contribution in [2.45, 2.75) is 46.0 Å². The summed E-state index contributed by atoms with van der Waals surface area (Å²) in [6.07, 6.45) is 6.08. The zero-order valence-electron chi connectivity index (χ0n) is 12.7. The van der Waals surface area contributed by atoms with Gasteiger partial charge in [-0.25, -0.2) is 0 Å². The van der Waals surface area contributed by atoms with E-state index in [2.05, 4.69) is 6.92 Å². The van der Waals surface area contributed by atoms with Crippen LogP contribution >= 0.6 is 0 Å². The van der Waals surface area contributed by atoms with Crippen molar-refractivity contribution < 1.29 is 4.79 Å². The molecule has 1 aromatic carbocycles. The van der Waals surface area contributed by atoms with E-state index in [9.17, 15) is 4.79 Å². The van der Waals surface area contributed by atoms with E-state index in [4.69, 9.17) is 5.73 Å². The van der Waals surface area contributed by atoms with Crippen molar-refractivity contribution >= 4 is 11.6 Å². The Bertz CT molecular complexity index is 470. The third kappa shape index (κ3) is 3.53. The normalized spacial score (nSPS) is 19.7. The molecule has 0 aliphatic carbocycles. The fourth-order valence-electron chi connectivity index (χ4n) is 3.06. The first-order valence-electron chi connectivity index (χ1n) is 7.77. The van der Waals surface area contributed by atoms with Crippen LogP contribution in [0.3, 0.4) is 0 Å². The molecule has 1 fully saturated rings. The number of aryl methyl sites for hydroxylation is 1. The molecule has 0 aromatic heterocycles. The summed E-state index contributed by atoms with van der Waals surface area (Å²) in [5.74, 6) is 0.955. The molecule has 1 heterocycles. The Labute approximate surface area is 122 Å². The van der Waals surface area contributed by atoms with E-state index in [1.807, 2.05) is 30.0 Å². The van der Waals surface area contributed by atoms with Crippen molar-refractivity contribution in [1.82, 2.24) is 4.90 Å². The van der Waals surface area contributed by atoms with Gasteiger partial charge in [0.05, 0.1) is 0 Å². The number of nitrogen functional groups attached to an aromatic ring is 1. The highest BCUT2D eigenvalue weighted by molar-refractivity contribution is 5.94. The molecule has 1 amide bonds. The molecule has 1 saturated heterocycles. The lowest BCUT2D eigenvalue weighted by atomic mass is 9.96. The van der Waals surface area contributed by atoms with Gasteiger partial charge in [0.1, 0.15) is 0 Å². The van der Waals surface area contributed by atoms with E-state index >= 15 is 0 Å². The Morgan fingerprint density at radius 1 is 1.35 bits per heavy atom. The number of carbonyl (C=O) groups is 1. The maximum Gasteiger partial charge on any atom is 0.253 e. The quantitative estimate of drug-likeness (QED) is 0.856. The van der Waals surface area contributed by atoms with E-state index < -0.39 is 0 Å². The number of amides is 1. The standard InChI is InChI=1S/C17H26N2O/c1-3-5-14-6-4-10-19(11-9-14)17(20)15-7-8-16(18)13(2)12-15/h7-8,12,14H,3-6,9-11,18H2,1-2H3. The van der Waals surface area contributed by atoms with Crippen LogP contribution in [0.1, 0.15) is 54.9 Å². The molecule has 1 atom stereocenters. The minimum atomic E-state index is 0.158. The van der Waals surface area contributed by atoms with E-state index in [1.165, 1.54) is 19.3 Å². The fraction of sp³-hybridized carbons (Fsp3) is 0.588. The number of benzene rings is 1. The van der Waals surface area contributed by atoms with Gasteiger partial charge in [0.2, 0.25) is 0 Å². The van der Waals surface area contributed by atoms with E-state index in [1.54, 1.807) is 0 Å². The summed E-state index contributed by atoms with van der Waals surface area (Å²) in [5, 5.41) is 0. The molecule has 0 bridgehead atoms. The Morgan fingerprint density at radius 3 is 2.85 bits per heavy atom. The summed E-state index contributed by atoms with van der Waals surface area (Å²) >= 11 is 0. The predicted molar refractivity (Wildman–Crippen MR) is 83.7 cm³/mol. The highest BCUT2D eigenvalue weighted by atomic mass is 16.2. The largest absolute Gasteiger partial charge is 0.399 e. The molecule has 1 aromatic rings. The Balaban J connectivity index is 2.03. The molecular weight excluding hydrogens is 248 g/mol. The van der Waals surface area contributed by atoms with Crippen molar-refractivity contribution in [3.63, 3.8) is 0 Å². The monoisotopic (exact) mass is 274 g/mol. The Hall–Kier alpha value is -1.51. The second kappa shape index (κ2) is 6.78. The number of likely N-dealkylation sites (tertiary alicyclic amines) is 1. The summed E-state index contributed by atoms with van der Waals surface area (Å²) in [7, 11) is 0. The van der Waals surface area contributed by atoms with Gasteiger partial charge in [0, 0.05) is 24.3 Å². The molecule has 3 nitrogen and oxygen atoms in total. The molecule has 3 heteroatoms. The van der Waals surface area contributed by atoms with Crippen LogP contribution in [0.2, 0.25) is 0 Å². The van der Waals surface area contributed by atoms with E-state index in [0.29, 0.717) is 0 Å². The summed E-state index contributed by atoms with van der Waals surface area (Å²) in [5.41, 5.74) is 8.32. The highest BCUT2D eigenvalue weighted by Crippen LogP contribution is 2.23. The lowest BCUT2D eigenvalue weighted by molar-refractivity contribution is 0.0760. The number of hydrogen-bond donors (Lipinski definition) is 1. The van der Waals surface area contributed by atoms with Gasteiger partial charge in [-0.05, 0) is 55.9 Å². The van der Waals surface area contributed by atoms with Crippen molar-refractivity contribution in [3.8, 4) is 0 Å². The zero-order chi connectivity index (χ0) is 14.5. The van der Waals surface area contributed by atoms with Gasteiger partial charge in [-0.3, -0.25) is 4.79 Å². The van der Waals surface area contributed by atoms with Crippen molar-refractivity contribution in [2.75, 3.05) is 18.8 Å². The molecule has 2 rings (SSSR count). The van der Waals surface area contributed by atoms with Gasteiger partial charge < -0.3 is 10.6 Å². The van der Waals surface area contributed by atoms with Gasteiger partial charge in [0.15, 0.2) is 0 Å². The number of hydrogen-bond acceptors (Lipinski definition) is 2. The van der Waals surface area contributed by atoms with Crippen molar-refractivity contribution in [3.05, 3.63) is 29.3 Å². The third-order valence-electron chi connectivity index (χ3n) is 4.35. The van der Waals surface area contributed by atoms with Gasteiger partial charge >= 0.3 is 0 Å². The van der Waals surface area contributed by atoms with Gasteiger partial charge in [-0.15, -0.1) is 0 Å². The third-order valence-corrected chi connectivity index (χ3v) is 4.35. The lowest BCUT2D eigenvalue weighted by Crippen LogP contribution is -2.32. The zero-order valence-corrected chi connectivity index (χ0v) is 12.7. The summed E-state index contributed by atoms with van der Waals surface area (Å²) in [6.45, 7) is 5.98. The topological polar surface area (TPSA) is 46.3 Å². The molecule has 2 N–H and O–H groups in total. The molecule has 0 spiro atoms. The number of anilines is 1. The highest BCUT2D eigenvalue weighted by Gasteiger charge is 2.21. The first-order valence-corrected chi connectivity index (χ1v) is 7.77. The number of nitrogens with two attached hydrogens (primary N) is 1. The van der Waals surface area contributed by atoms with Crippen LogP contribution in [0, 0.1) is 12.8 Å². The molecule has 20 heavy (non-hydrogen) atoms. The molecule has 1 aliphatic heterocycles. The lowest BCUT2D eigenvalue weighted by Gasteiger charge is -2.21. The fourth-order valence-corrected chi connectivity index (χ4v) is 3.06. The van der Waals surface area contributed by atoms with Crippen LogP contribution in [0.15, 0.2) is 18.2 Å². The average molecular weight is 274 g/mol. The van der Waals surface area contributed by atoms with Crippen LogP contribution in [0.25, 0.3) is 0 Å². The first kappa shape index (κ1) is 14.9.